The van der Waals surface area contributed by atoms with Crippen LogP contribution in [0, 0.1) is 0 Å². The van der Waals surface area contributed by atoms with Crippen LogP contribution in [0.3, 0.4) is 0 Å². The predicted molar refractivity (Wildman–Crippen MR) is 93.4 cm³/mol. The van der Waals surface area contributed by atoms with Gasteiger partial charge >= 0.3 is 5.97 Å². The number of nitrogens with zero attached hydrogens (tertiary/aromatic N) is 3. The maximum atomic E-state index is 11.7. The first-order valence-corrected chi connectivity index (χ1v) is 8.31. The van der Waals surface area contributed by atoms with Crippen molar-refractivity contribution in [1.29, 1.82) is 0 Å². The topological polar surface area (TPSA) is 66.3 Å². The van der Waals surface area contributed by atoms with Crippen molar-refractivity contribution in [3.05, 3.63) is 42.0 Å². The molecule has 1 N–H and O–H groups in total. The molecule has 3 aromatic rings. The second-order valence-corrected chi connectivity index (χ2v) is 6.03. The number of carboxylic acid groups (broad SMARTS) is 1. The van der Waals surface area contributed by atoms with Gasteiger partial charge in [-0.2, -0.15) is 4.98 Å². The van der Waals surface area contributed by atoms with E-state index >= 15 is 0 Å². The summed E-state index contributed by atoms with van der Waals surface area (Å²) in [5.74, 6) is -0.954. The fourth-order valence-electron chi connectivity index (χ4n) is 2.45. The van der Waals surface area contributed by atoms with E-state index in [0.29, 0.717) is 16.0 Å². The van der Waals surface area contributed by atoms with Crippen LogP contribution in [0.15, 0.2) is 36.4 Å². The summed E-state index contributed by atoms with van der Waals surface area (Å²) in [6.45, 7) is 5.75. The van der Waals surface area contributed by atoms with Crippen LogP contribution in [-0.4, -0.2) is 34.1 Å². The number of aromatic nitrogens is 2. The van der Waals surface area contributed by atoms with E-state index in [0.717, 1.165) is 23.8 Å². The van der Waals surface area contributed by atoms with E-state index in [1.165, 1.54) is 11.3 Å². The highest BCUT2D eigenvalue weighted by molar-refractivity contribution is 7.22. The van der Waals surface area contributed by atoms with Crippen LogP contribution >= 0.6 is 11.3 Å². The Kier molecular flexibility index (Phi) is 4.25. The largest absolute Gasteiger partial charge is 0.478 e. The van der Waals surface area contributed by atoms with Gasteiger partial charge in [0.25, 0.3) is 0 Å². The van der Waals surface area contributed by atoms with E-state index in [-0.39, 0.29) is 5.56 Å². The predicted octanol–water partition coefficient (Wildman–Crippen LogP) is 3.90. The molecule has 0 aliphatic heterocycles. The van der Waals surface area contributed by atoms with Gasteiger partial charge in [0.1, 0.15) is 0 Å². The molecule has 2 heterocycles. The van der Waals surface area contributed by atoms with Gasteiger partial charge in [0.2, 0.25) is 0 Å². The third-order valence-corrected chi connectivity index (χ3v) is 4.82. The van der Waals surface area contributed by atoms with Gasteiger partial charge in [0.15, 0.2) is 10.8 Å². The molecule has 0 saturated heterocycles. The summed E-state index contributed by atoms with van der Waals surface area (Å²) >= 11 is 1.38. The van der Waals surface area contributed by atoms with Crippen LogP contribution in [0.2, 0.25) is 0 Å². The summed E-state index contributed by atoms with van der Waals surface area (Å²) in [5, 5.41) is 10.4. The van der Waals surface area contributed by atoms with E-state index in [4.69, 9.17) is 0 Å². The minimum Gasteiger partial charge on any atom is -0.478 e. The molecule has 0 amide bonds. The summed E-state index contributed by atoms with van der Waals surface area (Å²) in [5.41, 5.74) is 2.27. The Balaban J connectivity index is 2.21. The molecule has 1 aromatic carbocycles. The van der Waals surface area contributed by atoms with Crippen LogP contribution in [0.25, 0.3) is 21.6 Å². The molecule has 0 aliphatic carbocycles. The Morgan fingerprint density at radius 1 is 1.17 bits per heavy atom. The fourth-order valence-corrected chi connectivity index (χ4v) is 3.59. The molecule has 0 fully saturated rings. The van der Waals surface area contributed by atoms with Crippen molar-refractivity contribution in [3.8, 4) is 11.3 Å². The highest BCUT2D eigenvalue weighted by atomic mass is 32.1. The molecular weight excluding hydrogens is 310 g/mol. The standard InChI is InChI=1S/C17H17N3O2S/c1-3-20(4-2)17-19-15-14(23-17)12(16(21)22)10-13(18-15)11-8-6-5-7-9-11/h5-10H,3-4H2,1-2H3,(H,21,22). The van der Waals surface area contributed by atoms with Crippen molar-refractivity contribution in [1.82, 2.24) is 9.97 Å². The number of aromatic carboxylic acids is 1. The average Bonchev–Trinajstić information content (AvgIpc) is 2.99. The lowest BCUT2D eigenvalue weighted by Gasteiger charge is -2.16. The first-order chi connectivity index (χ1) is 11.1. The first kappa shape index (κ1) is 15.4. The van der Waals surface area contributed by atoms with Gasteiger partial charge in [0.05, 0.1) is 16.0 Å². The molecule has 2 aromatic heterocycles. The molecule has 23 heavy (non-hydrogen) atoms. The van der Waals surface area contributed by atoms with Crippen LogP contribution in [-0.2, 0) is 0 Å². The molecule has 3 rings (SSSR count). The van der Waals surface area contributed by atoms with Crippen LogP contribution < -0.4 is 4.90 Å². The molecular formula is C17H17N3O2S. The Hall–Kier alpha value is -2.47. The van der Waals surface area contributed by atoms with Crippen molar-refractivity contribution in [2.45, 2.75) is 13.8 Å². The van der Waals surface area contributed by atoms with Gasteiger partial charge in [-0.25, -0.2) is 9.78 Å². The van der Waals surface area contributed by atoms with Crippen LogP contribution in [0.5, 0.6) is 0 Å². The highest BCUT2D eigenvalue weighted by Crippen LogP contribution is 2.33. The number of pyridine rings is 1. The van der Waals surface area contributed by atoms with E-state index in [1.807, 2.05) is 30.3 Å². The van der Waals surface area contributed by atoms with Gasteiger partial charge in [-0.05, 0) is 19.9 Å². The summed E-state index contributed by atoms with van der Waals surface area (Å²) in [6.07, 6.45) is 0. The maximum Gasteiger partial charge on any atom is 0.337 e. The lowest BCUT2D eigenvalue weighted by atomic mass is 10.1. The van der Waals surface area contributed by atoms with Gasteiger partial charge in [0, 0.05) is 18.7 Å². The molecule has 0 radical (unpaired) electrons. The van der Waals surface area contributed by atoms with Crippen molar-refractivity contribution in [3.63, 3.8) is 0 Å². The maximum absolute atomic E-state index is 11.7. The SMILES string of the molecule is CCN(CC)c1nc2nc(-c3ccccc3)cc(C(=O)O)c2s1. The monoisotopic (exact) mass is 327 g/mol. The quantitative estimate of drug-likeness (QED) is 0.770. The molecule has 0 saturated carbocycles. The van der Waals surface area contributed by atoms with Gasteiger partial charge in [-0.1, -0.05) is 41.7 Å². The van der Waals surface area contributed by atoms with E-state index < -0.39 is 5.97 Å². The molecule has 6 heteroatoms. The number of fused-ring (bicyclic) bond motifs is 1. The summed E-state index contributed by atoms with van der Waals surface area (Å²) < 4.78 is 0.624. The zero-order chi connectivity index (χ0) is 16.4. The van der Waals surface area contributed by atoms with E-state index in [2.05, 4.69) is 28.7 Å². The van der Waals surface area contributed by atoms with Crippen LogP contribution in [0.1, 0.15) is 24.2 Å². The first-order valence-electron chi connectivity index (χ1n) is 7.49. The lowest BCUT2D eigenvalue weighted by Crippen LogP contribution is -2.21. The summed E-state index contributed by atoms with van der Waals surface area (Å²) in [7, 11) is 0. The molecule has 118 valence electrons. The van der Waals surface area contributed by atoms with Crippen LogP contribution in [0.4, 0.5) is 5.13 Å². The number of hydrogen-bond donors (Lipinski definition) is 1. The number of carbonyl (C=O) groups is 1. The van der Waals surface area contributed by atoms with Crippen molar-refractivity contribution >= 4 is 32.8 Å². The fraction of sp³-hybridized carbons (Fsp3) is 0.235. The van der Waals surface area contributed by atoms with Gasteiger partial charge in [-0.3, -0.25) is 0 Å². The molecule has 0 unspecified atom stereocenters. The Morgan fingerprint density at radius 3 is 2.48 bits per heavy atom. The van der Waals surface area contributed by atoms with Crippen molar-refractivity contribution in [2.75, 3.05) is 18.0 Å². The van der Waals surface area contributed by atoms with E-state index in [1.54, 1.807) is 6.07 Å². The molecule has 5 nitrogen and oxygen atoms in total. The normalized spacial score (nSPS) is 10.9. The average molecular weight is 327 g/mol. The number of rotatable bonds is 5. The number of benzene rings is 1. The Labute approximate surface area is 138 Å². The van der Waals surface area contributed by atoms with Crippen molar-refractivity contribution < 1.29 is 9.90 Å². The summed E-state index contributed by atoms with van der Waals surface area (Å²) in [4.78, 5) is 22.9. The molecule has 0 atom stereocenters. The minimum atomic E-state index is -0.954. The Morgan fingerprint density at radius 2 is 1.87 bits per heavy atom. The van der Waals surface area contributed by atoms with Crippen molar-refractivity contribution in [2.24, 2.45) is 0 Å². The van der Waals surface area contributed by atoms with E-state index in [9.17, 15) is 9.90 Å². The zero-order valence-electron chi connectivity index (χ0n) is 13.0. The zero-order valence-corrected chi connectivity index (χ0v) is 13.8. The number of carboxylic acids is 1. The smallest absolute Gasteiger partial charge is 0.337 e. The number of hydrogen-bond acceptors (Lipinski definition) is 5. The molecule has 0 spiro atoms. The minimum absolute atomic E-state index is 0.254. The number of thiazole rings is 1. The Bertz CT molecular complexity index is 842. The molecule has 0 aliphatic rings. The second-order valence-electron chi connectivity index (χ2n) is 5.05. The third kappa shape index (κ3) is 2.90. The number of anilines is 1. The third-order valence-electron chi connectivity index (χ3n) is 3.68. The second kappa shape index (κ2) is 6.34. The van der Waals surface area contributed by atoms with Gasteiger partial charge in [-0.15, -0.1) is 0 Å². The lowest BCUT2D eigenvalue weighted by molar-refractivity contribution is 0.0699. The molecule has 0 bridgehead atoms. The highest BCUT2D eigenvalue weighted by Gasteiger charge is 2.18. The summed E-state index contributed by atoms with van der Waals surface area (Å²) in [6, 6.07) is 11.2. The van der Waals surface area contributed by atoms with Gasteiger partial charge < -0.3 is 10.0 Å².